The Morgan fingerprint density at radius 2 is 1.78 bits per heavy atom. The molecule has 0 radical (unpaired) electrons. The predicted octanol–water partition coefficient (Wildman–Crippen LogP) is 3.01. The number of methoxy groups -OCH3 is 3. The van der Waals surface area contributed by atoms with Crippen LogP contribution in [0.4, 0.5) is 0 Å². The number of nitrogens with one attached hydrogen (secondary N) is 2. The number of nitrogens with zero attached hydrogens (tertiary/aromatic N) is 1. The standard InChI is InChI=1S/C20H23N3O4/c1-12(20-22-14-7-5-6-8-15(14)23-20)21-18(24)11-13-9-16(25-2)19(27-4)17(10-13)26-3/h5-10,12H,11H2,1-4H3,(H,21,24)(H,22,23). The number of benzene rings is 2. The molecule has 0 fully saturated rings. The molecule has 7 nitrogen and oxygen atoms in total. The van der Waals surface area contributed by atoms with Gasteiger partial charge in [-0.1, -0.05) is 12.1 Å². The van der Waals surface area contributed by atoms with Gasteiger partial charge in [-0.2, -0.15) is 0 Å². The fraction of sp³-hybridized carbons (Fsp3) is 0.300. The molecule has 0 aliphatic rings. The quantitative estimate of drug-likeness (QED) is 0.669. The topological polar surface area (TPSA) is 85.5 Å². The van der Waals surface area contributed by atoms with Gasteiger partial charge in [-0.05, 0) is 36.8 Å². The molecule has 0 aliphatic heterocycles. The van der Waals surface area contributed by atoms with Gasteiger partial charge in [0.15, 0.2) is 11.5 Å². The molecule has 1 heterocycles. The van der Waals surface area contributed by atoms with Crippen molar-refractivity contribution in [3.8, 4) is 17.2 Å². The summed E-state index contributed by atoms with van der Waals surface area (Å²) < 4.78 is 16.0. The third-order valence-electron chi connectivity index (χ3n) is 4.28. The van der Waals surface area contributed by atoms with Crippen LogP contribution in [0.15, 0.2) is 36.4 Å². The van der Waals surface area contributed by atoms with E-state index in [1.807, 2.05) is 31.2 Å². The van der Waals surface area contributed by atoms with Gasteiger partial charge < -0.3 is 24.5 Å². The minimum absolute atomic E-state index is 0.128. The molecule has 1 atom stereocenters. The van der Waals surface area contributed by atoms with Crippen LogP contribution in [0.1, 0.15) is 24.4 Å². The molecule has 1 amide bonds. The van der Waals surface area contributed by atoms with Crippen molar-refractivity contribution in [1.82, 2.24) is 15.3 Å². The zero-order valence-corrected chi connectivity index (χ0v) is 15.8. The van der Waals surface area contributed by atoms with Crippen LogP contribution in [-0.4, -0.2) is 37.2 Å². The molecule has 142 valence electrons. The zero-order valence-electron chi connectivity index (χ0n) is 15.8. The third kappa shape index (κ3) is 3.97. The second kappa shape index (κ2) is 7.99. The van der Waals surface area contributed by atoms with Crippen molar-refractivity contribution in [3.63, 3.8) is 0 Å². The highest BCUT2D eigenvalue weighted by atomic mass is 16.5. The highest BCUT2D eigenvalue weighted by Crippen LogP contribution is 2.38. The lowest BCUT2D eigenvalue weighted by atomic mass is 10.1. The first-order chi connectivity index (χ1) is 13.0. The van der Waals surface area contributed by atoms with Crippen molar-refractivity contribution in [1.29, 1.82) is 0 Å². The lowest BCUT2D eigenvalue weighted by Gasteiger charge is -2.15. The number of carbonyl (C=O) groups is 1. The zero-order chi connectivity index (χ0) is 19.4. The van der Waals surface area contributed by atoms with Crippen LogP contribution in [0.3, 0.4) is 0 Å². The smallest absolute Gasteiger partial charge is 0.225 e. The van der Waals surface area contributed by atoms with E-state index in [1.165, 1.54) is 0 Å². The molecule has 0 saturated heterocycles. The monoisotopic (exact) mass is 369 g/mol. The van der Waals surface area contributed by atoms with Gasteiger partial charge in [0.05, 0.1) is 44.8 Å². The van der Waals surface area contributed by atoms with Crippen LogP contribution < -0.4 is 19.5 Å². The number of hydrogen-bond acceptors (Lipinski definition) is 5. The van der Waals surface area contributed by atoms with Gasteiger partial charge >= 0.3 is 0 Å². The van der Waals surface area contributed by atoms with Crippen LogP contribution in [0.25, 0.3) is 11.0 Å². The number of aromatic amines is 1. The molecule has 0 aliphatic carbocycles. The van der Waals surface area contributed by atoms with Crippen LogP contribution in [-0.2, 0) is 11.2 Å². The van der Waals surface area contributed by atoms with Crippen LogP contribution in [0, 0.1) is 0 Å². The lowest BCUT2D eigenvalue weighted by molar-refractivity contribution is -0.121. The van der Waals surface area contributed by atoms with E-state index in [9.17, 15) is 4.79 Å². The molecule has 7 heteroatoms. The minimum Gasteiger partial charge on any atom is -0.493 e. The summed E-state index contributed by atoms with van der Waals surface area (Å²) >= 11 is 0. The minimum atomic E-state index is -0.244. The lowest BCUT2D eigenvalue weighted by Crippen LogP contribution is -2.28. The van der Waals surface area contributed by atoms with Gasteiger partial charge in [0.1, 0.15) is 5.82 Å². The summed E-state index contributed by atoms with van der Waals surface area (Å²) in [5.41, 5.74) is 2.58. The van der Waals surface area contributed by atoms with Gasteiger partial charge in [0.25, 0.3) is 0 Å². The van der Waals surface area contributed by atoms with Gasteiger partial charge in [0.2, 0.25) is 11.7 Å². The Hall–Kier alpha value is -3.22. The molecule has 3 aromatic rings. The summed E-state index contributed by atoms with van der Waals surface area (Å²) in [7, 11) is 4.64. The van der Waals surface area contributed by atoms with Crippen LogP contribution >= 0.6 is 0 Å². The van der Waals surface area contributed by atoms with E-state index >= 15 is 0 Å². The van der Waals surface area contributed by atoms with E-state index in [0.717, 1.165) is 22.4 Å². The highest BCUT2D eigenvalue weighted by Gasteiger charge is 2.17. The fourth-order valence-corrected chi connectivity index (χ4v) is 2.96. The van der Waals surface area contributed by atoms with E-state index in [0.29, 0.717) is 17.2 Å². The molecular formula is C20H23N3O4. The molecule has 27 heavy (non-hydrogen) atoms. The molecule has 2 N–H and O–H groups in total. The number of amides is 1. The molecule has 3 rings (SSSR count). The first-order valence-electron chi connectivity index (χ1n) is 8.58. The Kier molecular flexibility index (Phi) is 5.49. The molecule has 0 bridgehead atoms. The van der Waals surface area contributed by atoms with E-state index < -0.39 is 0 Å². The van der Waals surface area contributed by atoms with E-state index in [1.54, 1.807) is 33.5 Å². The summed E-state index contributed by atoms with van der Waals surface area (Å²) in [6.07, 6.45) is 0.182. The largest absolute Gasteiger partial charge is 0.493 e. The number of imidazole rings is 1. The van der Waals surface area contributed by atoms with Gasteiger partial charge in [-0.15, -0.1) is 0 Å². The van der Waals surface area contributed by atoms with E-state index in [4.69, 9.17) is 14.2 Å². The van der Waals surface area contributed by atoms with E-state index in [2.05, 4.69) is 15.3 Å². The number of ether oxygens (including phenoxy) is 3. The second-order valence-electron chi connectivity index (χ2n) is 6.14. The van der Waals surface area contributed by atoms with Crippen molar-refractivity contribution in [2.75, 3.05) is 21.3 Å². The first-order valence-corrected chi connectivity index (χ1v) is 8.58. The number of fused-ring (bicyclic) bond motifs is 1. The number of rotatable bonds is 7. The summed E-state index contributed by atoms with van der Waals surface area (Å²) in [6, 6.07) is 11.1. The number of carbonyl (C=O) groups excluding carboxylic acids is 1. The fourth-order valence-electron chi connectivity index (χ4n) is 2.96. The maximum absolute atomic E-state index is 12.5. The third-order valence-corrected chi connectivity index (χ3v) is 4.28. The van der Waals surface area contributed by atoms with Gasteiger partial charge in [0, 0.05) is 0 Å². The average Bonchev–Trinajstić information content (AvgIpc) is 3.11. The Balaban J connectivity index is 1.73. The van der Waals surface area contributed by atoms with Crippen molar-refractivity contribution in [2.45, 2.75) is 19.4 Å². The summed E-state index contributed by atoms with van der Waals surface area (Å²) in [5.74, 6) is 2.13. The number of para-hydroxylation sites is 2. The van der Waals surface area contributed by atoms with Crippen molar-refractivity contribution in [2.24, 2.45) is 0 Å². The van der Waals surface area contributed by atoms with E-state index in [-0.39, 0.29) is 18.4 Å². The molecule has 0 saturated carbocycles. The maximum atomic E-state index is 12.5. The molecule has 0 spiro atoms. The Morgan fingerprint density at radius 1 is 1.11 bits per heavy atom. The maximum Gasteiger partial charge on any atom is 0.225 e. The highest BCUT2D eigenvalue weighted by molar-refractivity contribution is 5.80. The Bertz CT molecular complexity index is 893. The predicted molar refractivity (Wildman–Crippen MR) is 102 cm³/mol. The Morgan fingerprint density at radius 3 is 2.37 bits per heavy atom. The molecule has 1 unspecified atom stereocenters. The molecule has 1 aromatic heterocycles. The molecular weight excluding hydrogens is 346 g/mol. The SMILES string of the molecule is COc1cc(CC(=O)NC(C)c2nc3ccccc3[nH]2)cc(OC)c1OC. The van der Waals surface area contributed by atoms with Crippen molar-refractivity contribution >= 4 is 16.9 Å². The van der Waals surface area contributed by atoms with Crippen LogP contribution in [0.5, 0.6) is 17.2 Å². The average molecular weight is 369 g/mol. The first kappa shape index (κ1) is 18.6. The molecule has 2 aromatic carbocycles. The van der Waals surface area contributed by atoms with Gasteiger partial charge in [-0.3, -0.25) is 4.79 Å². The van der Waals surface area contributed by atoms with Crippen molar-refractivity contribution < 1.29 is 19.0 Å². The Labute approximate surface area is 157 Å². The number of hydrogen-bond donors (Lipinski definition) is 2. The second-order valence-corrected chi connectivity index (χ2v) is 6.14. The summed E-state index contributed by atoms with van der Waals surface area (Å²) in [4.78, 5) is 20.3. The van der Waals surface area contributed by atoms with Crippen molar-refractivity contribution in [3.05, 3.63) is 47.8 Å². The summed E-state index contributed by atoms with van der Waals surface area (Å²) in [6.45, 7) is 1.89. The summed E-state index contributed by atoms with van der Waals surface area (Å²) in [5, 5.41) is 2.96. The number of H-pyrrole nitrogens is 1. The number of aromatic nitrogens is 2. The van der Waals surface area contributed by atoms with Crippen LogP contribution in [0.2, 0.25) is 0 Å². The normalized spacial score (nSPS) is 11.9. The van der Waals surface area contributed by atoms with Gasteiger partial charge in [-0.25, -0.2) is 4.98 Å².